The largest absolute Gasteiger partial charge is 0.480 e. The Morgan fingerprint density at radius 1 is 1.12 bits per heavy atom. The third kappa shape index (κ3) is 10.2. The van der Waals surface area contributed by atoms with E-state index in [2.05, 4.69) is 31.4 Å². The maximum Gasteiger partial charge on any atom is 0.328 e. The number of aliphatic hydroxyl groups excluding tert-OH is 1. The zero-order valence-electron chi connectivity index (χ0n) is 18.5. The third-order valence-electron chi connectivity index (χ3n) is 4.34. The van der Waals surface area contributed by atoms with Crippen LogP contribution < -0.4 is 21.3 Å². The number of aliphatic hydroxyl groups is 1. The normalized spacial score (nSPS) is 13.5. The molecule has 0 aliphatic heterocycles. The first kappa shape index (κ1) is 26.8. The Morgan fingerprint density at radius 2 is 1.84 bits per heavy atom. The summed E-state index contributed by atoms with van der Waals surface area (Å²) in [4.78, 5) is 50.1. The van der Waals surface area contributed by atoms with Crippen molar-refractivity contribution in [1.29, 1.82) is 0 Å². The van der Waals surface area contributed by atoms with Crippen molar-refractivity contribution in [2.75, 3.05) is 6.54 Å². The van der Waals surface area contributed by atoms with Crippen LogP contribution in [-0.4, -0.2) is 62.9 Å². The van der Waals surface area contributed by atoms with Crippen LogP contribution in [0.2, 0.25) is 0 Å². The molecule has 3 unspecified atom stereocenters. The van der Waals surface area contributed by atoms with Gasteiger partial charge in [0.15, 0.2) is 11.9 Å². The van der Waals surface area contributed by atoms with Crippen LogP contribution >= 0.6 is 0 Å². The molecule has 1 aromatic rings. The van der Waals surface area contributed by atoms with Gasteiger partial charge >= 0.3 is 12.0 Å². The van der Waals surface area contributed by atoms with E-state index in [9.17, 15) is 24.3 Å². The quantitative estimate of drug-likeness (QED) is 0.208. The molecule has 0 aromatic carbocycles. The monoisotopic (exact) mass is 456 g/mol. The minimum atomic E-state index is -1.47. The zero-order valence-corrected chi connectivity index (χ0v) is 18.5. The van der Waals surface area contributed by atoms with E-state index in [0.29, 0.717) is 38.6 Å². The average molecular weight is 457 g/mol. The van der Waals surface area contributed by atoms with Crippen molar-refractivity contribution < 1.29 is 33.9 Å². The summed E-state index contributed by atoms with van der Waals surface area (Å²) in [5.41, 5.74) is 0. The lowest BCUT2D eigenvalue weighted by molar-refractivity contribution is -0.141. The Bertz CT molecular complexity index is 767. The van der Waals surface area contributed by atoms with Crippen molar-refractivity contribution in [2.24, 2.45) is 0 Å². The number of hydrogen-bond donors (Lipinski definition) is 6. The summed E-state index contributed by atoms with van der Waals surface area (Å²) in [5.74, 6) is -1.33. The number of rotatable bonds is 14. The van der Waals surface area contributed by atoms with Crippen molar-refractivity contribution in [3.05, 3.63) is 11.7 Å². The second-order valence-electron chi connectivity index (χ2n) is 7.28. The zero-order chi connectivity index (χ0) is 24.1. The molecule has 1 aromatic heterocycles. The van der Waals surface area contributed by atoms with Crippen LogP contribution in [0.15, 0.2) is 4.52 Å². The topological polar surface area (TPSA) is 196 Å². The van der Waals surface area contributed by atoms with Gasteiger partial charge in [-0.05, 0) is 32.6 Å². The molecule has 13 heteroatoms. The van der Waals surface area contributed by atoms with E-state index in [1.165, 1.54) is 13.8 Å². The number of unbranched alkanes of at least 4 members (excludes halogenated alkanes) is 1. The summed E-state index contributed by atoms with van der Waals surface area (Å²) in [6, 6.07) is -2.79. The van der Waals surface area contributed by atoms with Gasteiger partial charge in [-0.1, -0.05) is 12.1 Å². The smallest absolute Gasteiger partial charge is 0.328 e. The second kappa shape index (κ2) is 14.0. The fraction of sp³-hybridized carbons (Fsp3) is 0.684. The highest BCUT2D eigenvalue weighted by Crippen LogP contribution is 2.17. The first-order valence-corrected chi connectivity index (χ1v) is 10.5. The Labute approximate surface area is 185 Å². The van der Waals surface area contributed by atoms with Crippen LogP contribution in [0.25, 0.3) is 0 Å². The number of carboxylic acid groups (broad SMARTS) is 1. The van der Waals surface area contributed by atoms with E-state index < -0.39 is 30.2 Å². The number of aromatic nitrogens is 2. The molecule has 6 N–H and O–H groups in total. The van der Waals surface area contributed by atoms with E-state index in [4.69, 9.17) is 9.63 Å². The van der Waals surface area contributed by atoms with Crippen LogP contribution in [0.5, 0.6) is 0 Å². The molecular weight excluding hydrogens is 424 g/mol. The lowest BCUT2D eigenvalue weighted by Gasteiger charge is -2.16. The van der Waals surface area contributed by atoms with E-state index in [-0.39, 0.29) is 30.1 Å². The third-order valence-corrected chi connectivity index (χ3v) is 4.34. The van der Waals surface area contributed by atoms with Crippen molar-refractivity contribution in [3.8, 4) is 0 Å². The minimum Gasteiger partial charge on any atom is -0.480 e. The molecule has 0 spiro atoms. The van der Waals surface area contributed by atoms with Crippen LogP contribution in [0.4, 0.5) is 4.79 Å². The van der Waals surface area contributed by atoms with Crippen molar-refractivity contribution in [3.63, 3.8) is 0 Å². The Morgan fingerprint density at radius 3 is 2.44 bits per heavy atom. The molecule has 0 bridgehead atoms. The number of carboxylic acids is 1. The molecule has 4 amide bonds. The number of nitrogens with one attached hydrogen (secondary N) is 4. The Kier molecular flexibility index (Phi) is 11.7. The molecule has 32 heavy (non-hydrogen) atoms. The number of aliphatic carboxylic acids is 1. The van der Waals surface area contributed by atoms with Crippen LogP contribution in [0.1, 0.15) is 70.6 Å². The van der Waals surface area contributed by atoms with Gasteiger partial charge in [0.2, 0.25) is 17.7 Å². The predicted molar refractivity (Wildman–Crippen MR) is 111 cm³/mol. The van der Waals surface area contributed by atoms with Gasteiger partial charge in [-0.3, -0.25) is 9.59 Å². The number of urea groups is 1. The summed E-state index contributed by atoms with van der Waals surface area (Å²) in [7, 11) is 0. The van der Waals surface area contributed by atoms with Gasteiger partial charge in [0, 0.05) is 19.9 Å². The van der Waals surface area contributed by atoms with Crippen LogP contribution in [0.3, 0.4) is 0 Å². The van der Waals surface area contributed by atoms with Crippen molar-refractivity contribution in [2.45, 2.75) is 77.6 Å². The highest BCUT2D eigenvalue weighted by atomic mass is 16.5. The van der Waals surface area contributed by atoms with E-state index in [1.54, 1.807) is 0 Å². The second-order valence-corrected chi connectivity index (χ2v) is 7.28. The lowest BCUT2D eigenvalue weighted by Crippen LogP contribution is -2.51. The Hall–Kier alpha value is -3.22. The first-order valence-electron chi connectivity index (χ1n) is 10.5. The molecule has 0 saturated heterocycles. The fourth-order valence-electron chi connectivity index (χ4n) is 2.72. The van der Waals surface area contributed by atoms with Gasteiger partial charge in [-0.15, -0.1) is 0 Å². The molecule has 13 nitrogen and oxygen atoms in total. The van der Waals surface area contributed by atoms with Gasteiger partial charge in [0.05, 0.1) is 18.7 Å². The molecule has 0 aliphatic rings. The maximum absolute atomic E-state index is 12.1. The Balaban J connectivity index is 2.67. The fourth-order valence-corrected chi connectivity index (χ4v) is 2.72. The predicted octanol–water partition coefficient (Wildman–Crippen LogP) is -0.0334. The van der Waals surface area contributed by atoms with E-state index >= 15 is 0 Å². The van der Waals surface area contributed by atoms with E-state index in [0.717, 1.165) is 0 Å². The van der Waals surface area contributed by atoms with E-state index in [1.807, 2.05) is 6.92 Å². The van der Waals surface area contributed by atoms with Crippen molar-refractivity contribution >= 4 is 23.8 Å². The average Bonchev–Trinajstić information content (AvgIpc) is 3.17. The molecular formula is C19H32N6O7. The molecule has 0 saturated carbocycles. The standard InChI is InChI=1S/C19H32N6O7/c1-4-7-14(28)22-13(8-5-6-9-20-12(3)27)17-23-15(32-25-17)10-21-19(31)24-16(11(2)26)18(29)30/h11,13,16,26H,4-10H2,1-3H3,(H,20,27)(H,22,28)(H,29,30)(H2,21,24,31). The van der Waals surface area contributed by atoms with Gasteiger partial charge in [0.25, 0.3) is 0 Å². The molecule has 0 aliphatic carbocycles. The number of hydrogen-bond acceptors (Lipinski definition) is 8. The van der Waals surface area contributed by atoms with Gasteiger partial charge in [-0.25, -0.2) is 9.59 Å². The first-order chi connectivity index (χ1) is 15.1. The van der Waals surface area contributed by atoms with Crippen LogP contribution in [0, 0.1) is 0 Å². The van der Waals surface area contributed by atoms with Crippen LogP contribution in [-0.2, 0) is 20.9 Å². The summed E-state index contributed by atoms with van der Waals surface area (Å²) < 4.78 is 5.12. The number of nitrogens with zero attached hydrogens (tertiary/aromatic N) is 2. The molecule has 1 rings (SSSR count). The number of carbonyl (C=O) groups excluding carboxylic acids is 3. The lowest BCUT2D eigenvalue weighted by atomic mass is 10.1. The van der Waals surface area contributed by atoms with Crippen molar-refractivity contribution in [1.82, 2.24) is 31.4 Å². The highest BCUT2D eigenvalue weighted by molar-refractivity contribution is 5.82. The summed E-state index contributed by atoms with van der Waals surface area (Å²) in [5, 5.41) is 32.3. The maximum atomic E-state index is 12.1. The highest BCUT2D eigenvalue weighted by Gasteiger charge is 2.25. The number of carbonyl (C=O) groups is 4. The molecule has 3 atom stereocenters. The van der Waals surface area contributed by atoms with Gasteiger partial charge < -0.3 is 36.0 Å². The summed E-state index contributed by atoms with van der Waals surface area (Å²) >= 11 is 0. The van der Waals surface area contributed by atoms with Gasteiger partial charge in [-0.2, -0.15) is 4.98 Å². The summed E-state index contributed by atoms with van der Waals surface area (Å²) in [6.45, 7) is 4.91. The molecule has 180 valence electrons. The molecule has 0 radical (unpaired) electrons. The SMILES string of the molecule is CCCC(=O)NC(CCCCNC(C)=O)c1noc(CNC(=O)NC(C(=O)O)C(C)O)n1. The molecule has 1 heterocycles. The minimum absolute atomic E-state index is 0.0621. The molecule has 0 fully saturated rings. The van der Waals surface area contributed by atoms with Gasteiger partial charge in [0.1, 0.15) is 0 Å². The summed E-state index contributed by atoms with van der Waals surface area (Å²) in [6.07, 6.45) is 1.67. The number of amides is 4.